The lowest BCUT2D eigenvalue weighted by Gasteiger charge is -2.04. The molecule has 2 N–H and O–H groups in total. The lowest BCUT2D eigenvalue weighted by atomic mass is 10.2. The predicted octanol–water partition coefficient (Wildman–Crippen LogP) is 1.58. The summed E-state index contributed by atoms with van der Waals surface area (Å²) in [6.07, 6.45) is 2.72. The Morgan fingerprint density at radius 2 is 1.70 bits per heavy atom. The normalized spacial score (nSPS) is 10.7. The first kappa shape index (κ1) is 13.5. The van der Waals surface area contributed by atoms with Crippen molar-refractivity contribution < 1.29 is 24.6 Å². The SMILES string of the molecule is COc1ccc(C=CC(=O)On2c(O)ccc2O)cc1. The summed E-state index contributed by atoms with van der Waals surface area (Å²) < 4.78 is 5.64. The van der Waals surface area contributed by atoms with Crippen LogP contribution in [0.5, 0.6) is 17.5 Å². The minimum Gasteiger partial charge on any atom is -0.497 e. The van der Waals surface area contributed by atoms with E-state index >= 15 is 0 Å². The molecule has 6 nitrogen and oxygen atoms in total. The summed E-state index contributed by atoms with van der Waals surface area (Å²) >= 11 is 0. The molecule has 0 spiro atoms. The van der Waals surface area contributed by atoms with E-state index < -0.39 is 5.97 Å². The summed E-state index contributed by atoms with van der Waals surface area (Å²) in [5, 5.41) is 18.6. The first-order chi connectivity index (χ1) is 9.60. The zero-order valence-corrected chi connectivity index (χ0v) is 10.7. The van der Waals surface area contributed by atoms with Gasteiger partial charge in [-0.15, -0.1) is 4.73 Å². The Morgan fingerprint density at radius 3 is 2.25 bits per heavy atom. The Morgan fingerprint density at radius 1 is 1.10 bits per heavy atom. The van der Waals surface area contributed by atoms with Crippen molar-refractivity contribution in [1.82, 2.24) is 4.73 Å². The van der Waals surface area contributed by atoms with Gasteiger partial charge in [0.15, 0.2) is 0 Å². The number of ether oxygens (including phenoxy) is 1. The van der Waals surface area contributed by atoms with Crippen molar-refractivity contribution in [3.63, 3.8) is 0 Å². The second-order valence-electron chi connectivity index (χ2n) is 3.86. The lowest BCUT2D eigenvalue weighted by Crippen LogP contribution is -2.16. The molecule has 0 saturated heterocycles. The van der Waals surface area contributed by atoms with Crippen LogP contribution in [0, 0.1) is 0 Å². The van der Waals surface area contributed by atoms with E-state index in [0.717, 1.165) is 5.56 Å². The average Bonchev–Trinajstić information content (AvgIpc) is 2.77. The zero-order valence-electron chi connectivity index (χ0n) is 10.7. The molecule has 0 aliphatic carbocycles. The van der Waals surface area contributed by atoms with Crippen molar-refractivity contribution in [1.29, 1.82) is 0 Å². The number of hydrogen-bond donors (Lipinski definition) is 2. The van der Waals surface area contributed by atoms with Gasteiger partial charge < -0.3 is 19.8 Å². The van der Waals surface area contributed by atoms with Gasteiger partial charge in [0.05, 0.1) is 7.11 Å². The minimum absolute atomic E-state index is 0.367. The number of aromatic hydroxyl groups is 2. The van der Waals surface area contributed by atoms with E-state index in [1.165, 1.54) is 18.2 Å². The summed E-state index contributed by atoms with van der Waals surface area (Å²) in [6.45, 7) is 0. The molecule has 0 amide bonds. The third-order valence-electron chi connectivity index (χ3n) is 2.51. The van der Waals surface area contributed by atoms with Crippen LogP contribution in [0.25, 0.3) is 6.08 Å². The highest BCUT2D eigenvalue weighted by molar-refractivity contribution is 5.87. The second kappa shape index (κ2) is 5.83. The largest absolute Gasteiger partial charge is 0.497 e. The number of hydrogen-bond acceptors (Lipinski definition) is 5. The molecule has 0 atom stereocenters. The van der Waals surface area contributed by atoms with Crippen LogP contribution in [0.15, 0.2) is 42.5 Å². The topological polar surface area (TPSA) is 80.9 Å². The quantitative estimate of drug-likeness (QED) is 0.828. The van der Waals surface area contributed by atoms with Gasteiger partial charge in [-0.05, 0) is 23.8 Å². The van der Waals surface area contributed by atoms with Gasteiger partial charge in [-0.3, -0.25) is 0 Å². The van der Waals surface area contributed by atoms with Crippen molar-refractivity contribution in [2.75, 3.05) is 7.11 Å². The molecule has 1 heterocycles. The third-order valence-corrected chi connectivity index (χ3v) is 2.51. The van der Waals surface area contributed by atoms with E-state index in [1.54, 1.807) is 37.5 Å². The first-order valence-corrected chi connectivity index (χ1v) is 5.74. The fraction of sp³-hybridized carbons (Fsp3) is 0.0714. The van der Waals surface area contributed by atoms with Gasteiger partial charge in [0, 0.05) is 18.2 Å². The summed E-state index contributed by atoms with van der Waals surface area (Å²) in [6, 6.07) is 9.47. The molecule has 1 aromatic carbocycles. The number of carbonyl (C=O) groups excluding carboxylic acids is 1. The molecule has 6 heteroatoms. The monoisotopic (exact) mass is 275 g/mol. The highest BCUT2D eigenvalue weighted by atomic mass is 16.7. The maximum atomic E-state index is 11.5. The highest BCUT2D eigenvalue weighted by Crippen LogP contribution is 2.18. The molecular formula is C14H13NO5. The molecule has 2 rings (SSSR count). The van der Waals surface area contributed by atoms with Crippen LogP contribution in [0.4, 0.5) is 0 Å². The number of methoxy groups -OCH3 is 1. The van der Waals surface area contributed by atoms with Crippen LogP contribution in [0.3, 0.4) is 0 Å². The van der Waals surface area contributed by atoms with Crippen molar-refractivity contribution >= 4 is 12.0 Å². The van der Waals surface area contributed by atoms with Crippen LogP contribution >= 0.6 is 0 Å². The van der Waals surface area contributed by atoms with E-state index in [1.807, 2.05) is 0 Å². The molecule has 1 aromatic heterocycles. The van der Waals surface area contributed by atoms with Gasteiger partial charge in [0.2, 0.25) is 11.8 Å². The average molecular weight is 275 g/mol. The van der Waals surface area contributed by atoms with E-state index in [2.05, 4.69) is 0 Å². The number of carbonyl (C=O) groups is 1. The van der Waals surface area contributed by atoms with Gasteiger partial charge in [0.25, 0.3) is 0 Å². The number of benzene rings is 1. The number of nitrogens with zero attached hydrogens (tertiary/aromatic N) is 1. The van der Waals surface area contributed by atoms with E-state index in [0.29, 0.717) is 10.5 Å². The molecule has 2 aromatic rings. The molecule has 0 saturated carbocycles. The second-order valence-corrected chi connectivity index (χ2v) is 3.86. The van der Waals surface area contributed by atoms with Crippen LogP contribution in [0.1, 0.15) is 5.56 Å². The summed E-state index contributed by atoms with van der Waals surface area (Å²) in [5.74, 6) is -0.753. The molecule has 0 unspecified atom stereocenters. The van der Waals surface area contributed by atoms with E-state index in [-0.39, 0.29) is 11.8 Å². The molecule has 0 aliphatic rings. The Hall–Kier alpha value is -2.89. The summed E-state index contributed by atoms with van der Waals surface area (Å²) in [5.41, 5.74) is 0.781. The van der Waals surface area contributed by atoms with Crippen LogP contribution in [-0.2, 0) is 4.79 Å². The maximum Gasteiger partial charge on any atom is 0.356 e. The van der Waals surface area contributed by atoms with Gasteiger partial charge >= 0.3 is 5.97 Å². The van der Waals surface area contributed by atoms with Crippen molar-refractivity contribution in [2.24, 2.45) is 0 Å². The smallest absolute Gasteiger partial charge is 0.356 e. The summed E-state index contributed by atoms with van der Waals surface area (Å²) in [7, 11) is 1.57. The molecular weight excluding hydrogens is 262 g/mol. The van der Waals surface area contributed by atoms with Gasteiger partial charge in [0.1, 0.15) is 5.75 Å². The Balaban J connectivity index is 2.02. The fourth-order valence-corrected chi connectivity index (χ4v) is 1.50. The molecule has 104 valence electrons. The predicted molar refractivity (Wildman–Crippen MR) is 71.4 cm³/mol. The van der Waals surface area contributed by atoms with Gasteiger partial charge in [-0.1, -0.05) is 12.1 Å². The highest BCUT2D eigenvalue weighted by Gasteiger charge is 2.09. The third kappa shape index (κ3) is 3.11. The standard InChI is InChI=1S/C14H13NO5/c1-19-11-5-2-10(3-6-11)4-9-14(18)20-15-12(16)7-8-13(15)17/h2-9,16-17H,1H3. The lowest BCUT2D eigenvalue weighted by molar-refractivity contribution is -0.139. The number of aromatic nitrogens is 1. The Labute approximate surface area is 115 Å². The number of rotatable bonds is 4. The van der Waals surface area contributed by atoms with Gasteiger partial charge in [-0.25, -0.2) is 4.79 Å². The van der Waals surface area contributed by atoms with Gasteiger partial charge in [-0.2, -0.15) is 0 Å². The molecule has 0 radical (unpaired) electrons. The van der Waals surface area contributed by atoms with Crippen molar-refractivity contribution in [3.05, 3.63) is 48.0 Å². The van der Waals surface area contributed by atoms with Crippen molar-refractivity contribution in [3.8, 4) is 17.5 Å². The maximum absolute atomic E-state index is 11.5. The van der Waals surface area contributed by atoms with Crippen LogP contribution in [0.2, 0.25) is 0 Å². The van der Waals surface area contributed by atoms with E-state index in [9.17, 15) is 15.0 Å². The van der Waals surface area contributed by atoms with Crippen LogP contribution in [-0.4, -0.2) is 28.0 Å². The van der Waals surface area contributed by atoms with E-state index in [4.69, 9.17) is 9.57 Å². The molecule has 0 bridgehead atoms. The fourth-order valence-electron chi connectivity index (χ4n) is 1.50. The Bertz CT molecular complexity index is 608. The molecule has 0 aliphatic heterocycles. The minimum atomic E-state index is -0.734. The Kier molecular flexibility index (Phi) is 3.95. The first-order valence-electron chi connectivity index (χ1n) is 5.74. The summed E-state index contributed by atoms with van der Waals surface area (Å²) in [4.78, 5) is 16.3. The zero-order chi connectivity index (χ0) is 14.5. The van der Waals surface area contributed by atoms with Crippen molar-refractivity contribution in [2.45, 2.75) is 0 Å². The molecule has 0 fully saturated rings. The molecule has 20 heavy (non-hydrogen) atoms. The van der Waals surface area contributed by atoms with Crippen LogP contribution < -0.4 is 9.57 Å².